The Kier molecular flexibility index (Phi) is 3.55. The Morgan fingerprint density at radius 1 is 0.952 bits per heavy atom. The highest BCUT2D eigenvalue weighted by Gasteiger charge is 2.60. The van der Waals surface area contributed by atoms with Gasteiger partial charge >= 0.3 is 0 Å². The van der Waals surface area contributed by atoms with Gasteiger partial charge in [-0.1, -0.05) is 60.7 Å². The van der Waals surface area contributed by atoms with Crippen molar-refractivity contribution in [1.29, 1.82) is 0 Å². The normalized spacial score (nSPS) is 24.5. The van der Waals surface area contributed by atoms with Crippen molar-refractivity contribution in [3.05, 3.63) is 66.2 Å². The predicted molar refractivity (Wildman–Crippen MR) is 86.9 cm³/mol. The molecular weight excluding hydrogens is 302 g/mol. The molecule has 0 aliphatic heterocycles. The van der Waals surface area contributed by atoms with Crippen molar-refractivity contribution < 1.29 is 8.42 Å². The minimum Gasteiger partial charge on any atom is -0.393 e. The topological polar surface area (TPSA) is 60.2 Å². The van der Waals surface area contributed by atoms with Crippen molar-refractivity contribution in [2.24, 2.45) is 11.7 Å². The van der Waals surface area contributed by atoms with Gasteiger partial charge in [-0.15, -0.1) is 0 Å². The highest BCUT2D eigenvalue weighted by atomic mass is 32.2. The zero-order chi connectivity index (χ0) is 15.0. The molecule has 2 N–H and O–H groups in total. The molecule has 0 saturated heterocycles. The Bertz CT molecular complexity index is 757. The van der Waals surface area contributed by atoms with Crippen LogP contribution < -0.4 is 5.73 Å². The monoisotopic (exact) mass is 317 g/mol. The van der Waals surface area contributed by atoms with Gasteiger partial charge in [-0.3, -0.25) is 0 Å². The van der Waals surface area contributed by atoms with Crippen LogP contribution in [0.5, 0.6) is 0 Å². The van der Waals surface area contributed by atoms with E-state index in [1.165, 1.54) is 0 Å². The maximum Gasteiger partial charge on any atom is 0.182 e. The zero-order valence-corrected chi connectivity index (χ0v) is 12.8. The van der Waals surface area contributed by atoms with Crippen molar-refractivity contribution in [3.63, 3.8) is 0 Å². The third-order valence-electron chi connectivity index (χ3n) is 3.90. The van der Waals surface area contributed by atoms with E-state index in [4.69, 9.17) is 18.0 Å². The van der Waals surface area contributed by atoms with E-state index >= 15 is 0 Å². The number of sulfone groups is 1. The summed E-state index contributed by atoms with van der Waals surface area (Å²) < 4.78 is 25.6. The molecule has 2 aromatic rings. The number of benzene rings is 2. The van der Waals surface area contributed by atoms with Gasteiger partial charge in [0, 0.05) is 11.8 Å². The number of hydrogen-bond donors (Lipinski definition) is 1. The minimum atomic E-state index is -3.42. The molecule has 1 saturated carbocycles. The second kappa shape index (κ2) is 5.24. The van der Waals surface area contributed by atoms with Crippen molar-refractivity contribution in [1.82, 2.24) is 0 Å². The fraction of sp³-hybridized carbons (Fsp3) is 0.188. The molecule has 3 rings (SSSR count). The summed E-state index contributed by atoms with van der Waals surface area (Å²) in [4.78, 5) is 0.600. The molecule has 1 aliphatic rings. The van der Waals surface area contributed by atoms with Gasteiger partial charge in [0.05, 0.1) is 15.1 Å². The van der Waals surface area contributed by atoms with Crippen LogP contribution in [0.1, 0.15) is 11.5 Å². The van der Waals surface area contributed by atoms with Crippen LogP contribution in [0.3, 0.4) is 0 Å². The van der Waals surface area contributed by atoms with Gasteiger partial charge < -0.3 is 5.73 Å². The Morgan fingerprint density at radius 3 is 2.00 bits per heavy atom. The van der Waals surface area contributed by atoms with Crippen molar-refractivity contribution in [2.45, 2.75) is 16.1 Å². The quantitative estimate of drug-likeness (QED) is 0.880. The summed E-state index contributed by atoms with van der Waals surface area (Å²) in [5, 5.41) is -0.556. The fourth-order valence-electron chi connectivity index (χ4n) is 2.85. The summed E-state index contributed by atoms with van der Waals surface area (Å²) >= 11 is 5.07. The average molecular weight is 317 g/mol. The van der Waals surface area contributed by atoms with Crippen LogP contribution in [0.25, 0.3) is 0 Å². The summed E-state index contributed by atoms with van der Waals surface area (Å²) in [7, 11) is -3.42. The van der Waals surface area contributed by atoms with E-state index in [9.17, 15) is 8.42 Å². The third kappa shape index (κ3) is 2.47. The second-order valence-corrected chi connectivity index (χ2v) is 7.76. The largest absolute Gasteiger partial charge is 0.393 e. The zero-order valence-electron chi connectivity index (χ0n) is 11.2. The standard InChI is InChI=1S/C16H15NO2S2/c17-16(20)14-13(11-7-3-1-4-8-11)15(14)21(18,19)12-9-5-2-6-10-12/h1-10,13-15H,(H2,17,20)/t13-,14-,15+/m1/s1. The predicted octanol–water partition coefficient (Wildman–Crippen LogP) is 2.53. The summed E-state index contributed by atoms with van der Waals surface area (Å²) in [6, 6.07) is 18.0. The number of hydrogen-bond acceptors (Lipinski definition) is 3. The van der Waals surface area contributed by atoms with Crippen LogP contribution in [0, 0.1) is 5.92 Å². The van der Waals surface area contributed by atoms with Crippen LogP contribution in [-0.4, -0.2) is 18.7 Å². The average Bonchev–Trinajstić information content (AvgIpc) is 3.26. The van der Waals surface area contributed by atoms with Gasteiger partial charge in [0.2, 0.25) is 0 Å². The Hall–Kier alpha value is -1.72. The fourth-order valence-corrected chi connectivity index (χ4v) is 5.40. The van der Waals surface area contributed by atoms with E-state index < -0.39 is 15.1 Å². The lowest BCUT2D eigenvalue weighted by Gasteiger charge is -2.03. The second-order valence-electron chi connectivity index (χ2n) is 5.19. The van der Waals surface area contributed by atoms with Crippen molar-refractivity contribution >= 4 is 27.0 Å². The van der Waals surface area contributed by atoms with Gasteiger partial charge in [-0.25, -0.2) is 8.42 Å². The van der Waals surface area contributed by atoms with Crippen LogP contribution in [0.4, 0.5) is 0 Å². The molecule has 21 heavy (non-hydrogen) atoms. The third-order valence-corrected chi connectivity index (χ3v) is 6.40. The first-order chi connectivity index (χ1) is 10.0. The molecule has 1 aliphatic carbocycles. The number of thiocarbonyl (C=S) groups is 1. The first kappa shape index (κ1) is 14.2. The van der Waals surface area contributed by atoms with E-state index in [0.29, 0.717) is 4.90 Å². The summed E-state index contributed by atoms with van der Waals surface area (Å²) in [5.41, 5.74) is 6.73. The molecule has 108 valence electrons. The molecule has 0 spiro atoms. The first-order valence-electron chi connectivity index (χ1n) is 6.66. The van der Waals surface area contributed by atoms with Crippen molar-refractivity contribution in [3.8, 4) is 0 Å². The molecule has 5 heteroatoms. The molecule has 1 fully saturated rings. The van der Waals surface area contributed by atoms with E-state index in [0.717, 1.165) is 5.56 Å². The van der Waals surface area contributed by atoms with E-state index in [1.807, 2.05) is 30.3 Å². The highest BCUT2D eigenvalue weighted by Crippen LogP contribution is 2.54. The molecule has 0 aromatic heterocycles. The maximum absolute atomic E-state index is 12.8. The Balaban J connectivity index is 2.00. The number of nitrogens with two attached hydrogens (primary N) is 1. The lowest BCUT2D eigenvalue weighted by molar-refractivity contribution is 0.593. The van der Waals surface area contributed by atoms with Crippen LogP contribution >= 0.6 is 12.2 Å². The van der Waals surface area contributed by atoms with Crippen LogP contribution in [0.15, 0.2) is 65.6 Å². The maximum atomic E-state index is 12.8. The highest BCUT2D eigenvalue weighted by molar-refractivity contribution is 7.92. The first-order valence-corrected chi connectivity index (χ1v) is 8.62. The van der Waals surface area contributed by atoms with Gasteiger partial charge in [0.25, 0.3) is 0 Å². The SMILES string of the molecule is NC(=S)[C@@H]1[C@@H](c2ccccc2)[C@@H]1S(=O)(=O)c1ccccc1. The molecule has 3 nitrogen and oxygen atoms in total. The molecule has 0 unspecified atom stereocenters. The summed E-state index contributed by atoms with van der Waals surface area (Å²) in [5.74, 6) is -0.429. The van der Waals surface area contributed by atoms with Gasteiger partial charge in [-0.05, 0) is 17.7 Å². The van der Waals surface area contributed by atoms with Gasteiger partial charge in [0.1, 0.15) is 0 Å². The Morgan fingerprint density at radius 2 is 1.48 bits per heavy atom. The molecule has 3 atom stereocenters. The molecule has 0 radical (unpaired) electrons. The van der Waals surface area contributed by atoms with Gasteiger partial charge in [0.15, 0.2) is 9.84 Å². The van der Waals surface area contributed by atoms with Gasteiger partial charge in [-0.2, -0.15) is 0 Å². The lowest BCUT2D eigenvalue weighted by atomic mass is 10.1. The van der Waals surface area contributed by atoms with E-state index in [1.54, 1.807) is 30.3 Å². The number of rotatable bonds is 4. The van der Waals surface area contributed by atoms with Crippen molar-refractivity contribution in [2.75, 3.05) is 0 Å². The lowest BCUT2D eigenvalue weighted by Crippen LogP contribution is -2.17. The molecule has 0 heterocycles. The van der Waals surface area contributed by atoms with E-state index in [2.05, 4.69) is 0 Å². The van der Waals surface area contributed by atoms with Crippen LogP contribution in [0.2, 0.25) is 0 Å². The summed E-state index contributed by atoms with van der Waals surface area (Å²) in [6.07, 6.45) is 0. The molecule has 0 amide bonds. The molecule has 2 aromatic carbocycles. The summed E-state index contributed by atoms with van der Waals surface area (Å²) in [6.45, 7) is 0. The molecule has 0 bridgehead atoms. The molecular formula is C16H15NO2S2. The van der Waals surface area contributed by atoms with Crippen LogP contribution in [-0.2, 0) is 9.84 Å². The Labute approximate surface area is 129 Å². The van der Waals surface area contributed by atoms with E-state index in [-0.39, 0.29) is 16.8 Å². The minimum absolute atomic E-state index is 0.145. The smallest absolute Gasteiger partial charge is 0.182 e.